The molecule has 0 amide bonds. The molecule has 3 heterocycles. The fourth-order valence-corrected chi connectivity index (χ4v) is 10.8. The van der Waals surface area contributed by atoms with Crippen molar-refractivity contribution in [1.82, 2.24) is 15.0 Å². The summed E-state index contributed by atoms with van der Waals surface area (Å²) in [6.45, 7) is 16.7. The van der Waals surface area contributed by atoms with Crippen molar-refractivity contribution in [2.75, 3.05) is 0 Å². The summed E-state index contributed by atoms with van der Waals surface area (Å²) in [5.74, 6) is 0. The van der Waals surface area contributed by atoms with E-state index in [0.29, 0.717) is 0 Å². The van der Waals surface area contributed by atoms with Gasteiger partial charge in [-0.25, -0.2) is 0 Å². The molecule has 0 radical (unpaired) electrons. The van der Waals surface area contributed by atoms with Crippen LogP contribution in [0.5, 0.6) is 0 Å². The number of fused-ring (bicyclic) bond motifs is 5. The highest BCUT2D eigenvalue weighted by molar-refractivity contribution is 5.98. The lowest BCUT2D eigenvalue weighted by Gasteiger charge is -2.08. The van der Waals surface area contributed by atoms with Crippen LogP contribution in [0.3, 0.4) is 0 Å². The van der Waals surface area contributed by atoms with Crippen LogP contribution in [0.1, 0.15) is 44.6 Å². The normalized spacial score (nSPS) is 10.1. The minimum Gasteiger partial charge on any atom is -0.265 e. The molecule has 0 aliphatic carbocycles. The highest BCUT2D eigenvalue weighted by Crippen LogP contribution is 2.31. The molecule has 462 valence electrons. The molecule has 0 saturated carbocycles. The van der Waals surface area contributed by atoms with Gasteiger partial charge in [0.15, 0.2) is 0 Å². The van der Waals surface area contributed by atoms with Gasteiger partial charge in [0.25, 0.3) is 0 Å². The molecule has 3 heteroatoms. The Hall–Kier alpha value is -11.4. The number of rotatable bonds is 3. The zero-order valence-electron chi connectivity index (χ0n) is 55.4. The summed E-state index contributed by atoms with van der Waals surface area (Å²) in [5.41, 5.74) is 17.9. The maximum absolute atomic E-state index is 3.98. The molecule has 3 aromatic heterocycles. The van der Waals surface area contributed by atoms with Crippen molar-refractivity contribution < 1.29 is 0 Å². The molecule has 16 rings (SSSR count). The predicted molar refractivity (Wildman–Crippen MR) is 407 cm³/mol. The van der Waals surface area contributed by atoms with Crippen LogP contribution < -0.4 is 0 Å². The van der Waals surface area contributed by atoms with Crippen LogP contribution in [0.15, 0.2) is 359 Å². The van der Waals surface area contributed by atoms with Gasteiger partial charge in [-0.2, -0.15) is 0 Å². The standard InChI is InChI=1S/3C17H14.2C11H10.3C6H7N/c1-13-11-15-9-5-6-10-16(15)17(12-13)14-7-3-2-4-8-14;1-13-10-11-17-15(12-13)8-5-9-16(17)14-6-3-2-4-7-14;1-13-7-8-17-12-16(10-9-15(17)11-13)14-5-3-2-4-6-14;1-9-5-4-7-10-6-2-3-8-11(9)10;1-9-6-7-10-4-2-3-5-11(10)8-9;1-6-2-4-7-5-3-6;1-6-3-2-4-7-5-6;1-6-4-2-3-5-7-6/h3*2-12H,1H3;2*2-8H,1H3;3*2-5H,1H3. The van der Waals surface area contributed by atoms with Crippen molar-refractivity contribution in [2.24, 2.45) is 0 Å². The van der Waals surface area contributed by atoms with E-state index >= 15 is 0 Å². The number of nitrogens with zero attached hydrogens (tertiary/aromatic N) is 3. The number of hydrogen-bond acceptors (Lipinski definition) is 3. The minimum atomic E-state index is 1.07. The van der Waals surface area contributed by atoms with Crippen LogP contribution in [0.2, 0.25) is 0 Å². The first-order valence-corrected chi connectivity index (χ1v) is 32.1. The molecule has 0 N–H and O–H groups in total. The maximum atomic E-state index is 3.98. The molecule has 0 aliphatic rings. The summed E-state index contributed by atoms with van der Waals surface area (Å²) in [7, 11) is 0. The Morgan fingerprint density at radius 1 is 0.202 bits per heavy atom. The van der Waals surface area contributed by atoms with E-state index in [4.69, 9.17) is 0 Å². The van der Waals surface area contributed by atoms with Crippen LogP contribution in [0.4, 0.5) is 0 Å². The van der Waals surface area contributed by atoms with Crippen LogP contribution in [0.25, 0.3) is 87.2 Å². The number of benzene rings is 13. The second-order valence-electron chi connectivity index (χ2n) is 23.4. The number of aromatic nitrogens is 3. The largest absolute Gasteiger partial charge is 0.265 e. The highest BCUT2D eigenvalue weighted by atomic mass is 14.6. The molecule has 0 bridgehead atoms. The minimum absolute atomic E-state index is 1.07. The van der Waals surface area contributed by atoms with E-state index in [0.717, 1.165) is 5.69 Å². The van der Waals surface area contributed by atoms with Crippen molar-refractivity contribution in [3.8, 4) is 33.4 Å². The number of pyridine rings is 3. The lowest BCUT2D eigenvalue weighted by Crippen LogP contribution is -1.83. The first kappa shape index (κ1) is 67.0. The topological polar surface area (TPSA) is 38.7 Å². The van der Waals surface area contributed by atoms with Crippen molar-refractivity contribution in [3.63, 3.8) is 0 Å². The van der Waals surface area contributed by atoms with E-state index in [1.807, 2.05) is 75.5 Å². The third-order valence-electron chi connectivity index (χ3n) is 15.7. The van der Waals surface area contributed by atoms with Crippen LogP contribution in [-0.2, 0) is 0 Å². The van der Waals surface area contributed by atoms with Gasteiger partial charge in [-0.05, 0) is 201 Å². The van der Waals surface area contributed by atoms with Crippen molar-refractivity contribution in [2.45, 2.75) is 55.4 Å². The van der Waals surface area contributed by atoms with Crippen LogP contribution >= 0.6 is 0 Å². The summed E-state index contributed by atoms with van der Waals surface area (Å²) in [5, 5.41) is 13.2. The summed E-state index contributed by atoms with van der Waals surface area (Å²) in [4.78, 5) is 11.7. The van der Waals surface area contributed by atoms with Gasteiger partial charge in [-0.1, -0.05) is 308 Å². The third-order valence-corrected chi connectivity index (χ3v) is 15.7. The molecule has 0 aliphatic heterocycles. The van der Waals surface area contributed by atoms with E-state index in [2.05, 4.69) is 329 Å². The maximum Gasteiger partial charge on any atom is 0.0372 e. The molecule has 3 nitrogen and oxygen atoms in total. The summed E-state index contributed by atoms with van der Waals surface area (Å²) >= 11 is 0. The first-order valence-electron chi connectivity index (χ1n) is 32.1. The van der Waals surface area contributed by atoms with E-state index in [1.165, 1.54) is 126 Å². The molecule has 94 heavy (non-hydrogen) atoms. The van der Waals surface area contributed by atoms with Gasteiger partial charge in [-0.15, -0.1) is 0 Å². The molecule has 16 aromatic rings. The second-order valence-corrected chi connectivity index (χ2v) is 23.4. The molecule has 0 atom stereocenters. The summed E-state index contributed by atoms with van der Waals surface area (Å²) < 4.78 is 0. The van der Waals surface area contributed by atoms with Crippen molar-refractivity contribution in [3.05, 3.63) is 403 Å². The Balaban J connectivity index is 0.000000130. The lowest BCUT2D eigenvalue weighted by atomic mass is 9.96. The Morgan fingerprint density at radius 2 is 0.670 bits per heavy atom. The zero-order valence-corrected chi connectivity index (χ0v) is 55.4. The molecule has 0 spiro atoms. The average Bonchev–Trinajstić information content (AvgIpc) is 1.05. The molecule has 0 saturated heterocycles. The van der Waals surface area contributed by atoms with Crippen molar-refractivity contribution >= 4 is 53.9 Å². The second kappa shape index (κ2) is 35.3. The Morgan fingerprint density at radius 3 is 1.23 bits per heavy atom. The smallest absolute Gasteiger partial charge is 0.0372 e. The van der Waals surface area contributed by atoms with Gasteiger partial charge in [0.2, 0.25) is 0 Å². The fourth-order valence-electron chi connectivity index (χ4n) is 10.8. The van der Waals surface area contributed by atoms with Gasteiger partial charge in [0.05, 0.1) is 0 Å². The SMILES string of the molecule is Cc1cc(-c2ccccc2)c2ccccc2c1.Cc1ccc2c(-c3ccccc3)cccc2c1.Cc1ccc2cc(-c3ccccc3)ccc2c1.Cc1ccc2ccccc2c1.Cc1cccc2ccccc12.Cc1ccccn1.Cc1cccnc1.Cc1ccncc1. The molecular weight excluding hydrogens is 1140 g/mol. The van der Waals surface area contributed by atoms with Crippen LogP contribution in [-0.4, -0.2) is 15.0 Å². The molecule has 0 fully saturated rings. The number of aryl methyl sites for hydroxylation is 8. The van der Waals surface area contributed by atoms with Crippen LogP contribution in [0, 0.1) is 55.4 Å². The Bertz CT molecular complexity index is 4780. The van der Waals surface area contributed by atoms with Gasteiger partial charge < -0.3 is 0 Å². The Labute approximate surface area is 557 Å². The predicted octanol–water partition coefficient (Wildman–Crippen LogP) is 24.9. The monoisotopic (exact) mass is 1220 g/mol. The molecular formula is C91H83N3. The lowest BCUT2D eigenvalue weighted by molar-refractivity contribution is 1.20. The molecule has 13 aromatic carbocycles. The third kappa shape index (κ3) is 20.6. The summed E-state index contributed by atoms with van der Waals surface area (Å²) in [6.07, 6.45) is 8.97. The van der Waals surface area contributed by atoms with Gasteiger partial charge in [-0.3, -0.25) is 15.0 Å². The average molecular weight is 1220 g/mol. The van der Waals surface area contributed by atoms with E-state index in [-0.39, 0.29) is 0 Å². The van der Waals surface area contributed by atoms with E-state index < -0.39 is 0 Å². The summed E-state index contributed by atoms with van der Waals surface area (Å²) in [6, 6.07) is 115. The quantitative estimate of drug-likeness (QED) is 0.177. The van der Waals surface area contributed by atoms with E-state index in [9.17, 15) is 0 Å². The fraction of sp³-hybridized carbons (Fsp3) is 0.0879. The van der Waals surface area contributed by atoms with E-state index in [1.54, 1.807) is 24.8 Å². The number of hydrogen-bond donors (Lipinski definition) is 0. The van der Waals surface area contributed by atoms with Gasteiger partial charge >= 0.3 is 0 Å². The zero-order chi connectivity index (χ0) is 65.7. The van der Waals surface area contributed by atoms with Gasteiger partial charge in [0, 0.05) is 36.7 Å². The molecule has 0 unspecified atom stereocenters. The van der Waals surface area contributed by atoms with Gasteiger partial charge in [0.1, 0.15) is 0 Å². The highest BCUT2D eigenvalue weighted by Gasteiger charge is 2.06. The van der Waals surface area contributed by atoms with Crippen molar-refractivity contribution in [1.29, 1.82) is 0 Å². The Kier molecular flexibility index (Phi) is 25.1. The first-order chi connectivity index (χ1) is 45.9.